The smallest absolute Gasteiger partial charge is 0.266 e. The minimum Gasteiger partial charge on any atom is -0.476 e. The van der Waals surface area contributed by atoms with Crippen molar-refractivity contribution >= 4 is 17.5 Å². The molecule has 0 saturated heterocycles. The molecule has 1 aliphatic carbocycles. The van der Waals surface area contributed by atoms with Gasteiger partial charge in [0.25, 0.3) is 5.91 Å². The molecule has 0 aromatic heterocycles. The zero-order valence-electron chi connectivity index (χ0n) is 11.8. The summed E-state index contributed by atoms with van der Waals surface area (Å²) in [6.07, 6.45) is 1.14. The molecule has 0 radical (unpaired) electrons. The molecule has 2 aromatic carbocycles. The van der Waals surface area contributed by atoms with Crippen LogP contribution in [0.3, 0.4) is 0 Å². The maximum Gasteiger partial charge on any atom is 0.266 e. The van der Waals surface area contributed by atoms with E-state index in [2.05, 4.69) is 5.32 Å². The van der Waals surface area contributed by atoms with Gasteiger partial charge in [-0.2, -0.15) is 0 Å². The lowest BCUT2D eigenvalue weighted by Gasteiger charge is -2.19. The van der Waals surface area contributed by atoms with Crippen LogP contribution in [-0.4, -0.2) is 11.9 Å². The number of hydrogen-bond acceptors (Lipinski definition) is 2. The SMILES string of the molecule is O=C(NC1CC1)[C@@H](Oc1cccc(Cl)c1)c1ccc(F)cc1. The molecule has 1 amide bonds. The van der Waals surface area contributed by atoms with Crippen molar-refractivity contribution in [3.05, 3.63) is 64.9 Å². The van der Waals surface area contributed by atoms with Gasteiger partial charge in [0.05, 0.1) is 0 Å². The highest BCUT2D eigenvalue weighted by Gasteiger charge is 2.29. The Labute approximate surface area is 133 Å². The summed E-state index contributed by atoms with van der Waals surface area (Å²) in [5.74, 6) is -0.0882. The first kappa shape index (κ1) is 14.9. The average Bonchev–Trinajstić information content (AvgIpc) is 3.30. The van der Waals surface area contributed by atoms with E-state index in [1.807, 2.05) is 0 Å². The average molecular weight is 320 g/mol. The third kappa shape index (κ3) is 3.77. The summed E-state index contributed by atoms with van der Waals surface area (Å²) >= 11 is 5.94. The minimum atomic E-state index is -0.834. The van der Waals surface area contributed by atoms with E-state index in [4.69, 9.17) is 16.3 Å². The standard InChI is InChI=1S/C17H15ClFNO2/c18-12-2-1-3-15(10-12)22-16(17(21)20-14-8-9-14)11-4-6-13(19)7-5-11/h1-7,10,14,16H,8-9H2,(H,20,21)/t16-/m0/s1. The molecular weight excluding hydrogens is 305 g/mol. The van der Waals surface area contributed by atoms with E-state index in [9.17, 15) is 9.18 Å². The third-order valence-corrected chi connectivity index (χ3v) is 3.62. The summed E-state index contributed by atoms with van der Waals surface area (Å²) in [6, 6.07) is 12.8. The van der Waals surface area contributed by atoms with E-state index < -0.39 is 6.10 Å². The van der Waals surface area contributed by atoms with Gasteiger partial charge in [0, 0.05) is 16.6 Å². The zero-order chi connectivity index (χ0) is 15.5. The van der Waals surface area contributed by atoms with Crippen molar-refractivity contribution in [2.24, 2.45) is 0 Å². The van der Waals surface area contributed by atoms with E-state index in [-0.39, 0.29) is 17.8 Å². The summed E-state index contributed by atoms with van der Waals surface area (Å²) in [6.45, 7) is 0. The van der Waals surface area contributed by atoms with E-state index in [0.29, 0.717) is 16.3 Å². The van der Waals surface area contributed by atoms with Crippen molar-refractivity contribution in [3.8, 4) is 5.75 Å². The molecule has 1 saturated carbocycles. The van der Waals surface area contributed by atoms with Gasteiger partial charge < -0.3 is 10.1 Å². The van der Waals surface area contributed by atoms with Crippen LogP contribution in [0.15, 0.2) is 48.5 Å². The lowest BCUT2D eigenvalue weighted by Crippen LogP contribution is -2.33. The van der Waals surface area contributed by atoms with Gasteiger partial charge in [-0.25, -0.2) is 4.39 Å². The molecule has 1 atom stereocenters. The van der Waals surface area contributed by atoms with Crippen LogP contribution in [0.2, 0.25) is 5.02 Å². The van der Waals surface area contributed by atoms with Crippen molar-refractivity contribution in [1.29, 1.82) is 0 Å². The fourth-order valence-electron chi connectivity index (χ4n) is 2.09. The van der Waals surface area contributed by atoms with Crippen LogP contribution in [0.25, 0.3) is 0 Å². The molecule has 2 aromatic rings. The Morgan fingerprint density at radius 3 is 2.59 bits per heavy atom. The molecule has 1 N–H and O–H groups in total. The van der Waals surface area contributed by atoms with Gasteiger partial charge in [-0.3, -0.25) is 4.79 Å². The molecule has 22 heavy (non-hydrogen) atoms. The van der Waals surface area contributed by atoms with Gasteiger partial charge in [0.1, 0.15) is 11.6 Å². The van der Waals surface area contributed by atoms with Crippen molar-refractivity contribution < 1.29 is 13.9 Å². The number of carbonyl (C=O) groups excluding carboxylic acids is 1. The van der Waals surface area contributed by atoms with Gasteiger partial charge in [-0.05, 0) is 43.2 Å². The van der Waals surface area contributed by atoms with Gasteiger partial charge in [0.15, 0.2) is 0 Å². The first-order valence-electron chi connectivity index (χ1n) is 7.10. The molecule has 5 heteroatoms. The number of halogens is 2. The lowest BCUT2D eigenvalue weighted by atomic mass is 10.1. The van der Waals surface area contributed by atoms with Crippen LogP contribution < -0.4 is 10.1 Å². The van der Waals surface area contributed by atoms with Gasteiger partial charge in [0.2, 0.25) is 6.10 Å². The first-order valence-corrected chi connectivity index (χ1v) is 7.48. The largest absolute Gasteiger partial charge is 0.476 e. The monoisotopic (exact) mass is 319 g/mol. The fourth-order valence-corrected chi connectivity index (χ4v) is 2.27. The Kier molecular flexibility index (Phi) is 4.29. The molecule has 0 heterocycles. The summed E-state index contributed by atoms with van der Waals surface area (Å²) in [4.78, 5) is 12.4. The quantitative estimate of drug-likeness (QED) is 0.908. The van der Waals surface area contributed by atoms with Crippen LogP contribution in [0.5, 0.6) is 5.75 Å². The van der Waals surface area contributed by atoms with Crippen molar-refractivity contribution in [3.63, 3.8) is 0 Å². The van der Waals surface area contributed by atoms with E-state index >= 15 is 0 Å². The highest BCUT2D eigenvalue weighted by atomic mass is 35.5. The number of rotatable bonds is 5. The van der Waals surface area contributed by atoms with Crippen molar-refractivity contribution in [2.45, 2.75) is 25.0 Å². The van der Waals surface area contributed by atoms with Gasteiger partial charge in [-0.1, -0.05) is 29.8 Å². The Bertz CT molecular complexity index is 671. The minimum absolute atomic E-state index is 0.221. The molecule has 0 bridgehead atoms. The van der Waals surface area contributed by atoms with Crippen LogP contribution >= 0.6 is 11.6 Å². The Morgan fingerprint density at radius 2 is 1.95 bits per heavy atom. The molecule has 114 valence electrons. The Hall–Kier alpha value is -2.07. The Balaban J connectivity index is 1.84. The van der Waals surface area contributed by atoms with Crippen molar-refractivity contribution in [2.75, 3.05) is 0 Å². The molecule has 3 rings (SSSR count). The molecular formula is C17H15ClFNO2. The second-order valence-electron chi connectivity index (χ2n) is 5.29. The van der Waals surface area contributed by atoms with Crippen LogP contribution in [-0.2, 0) is 4.79 Å². The van der Waals surface area contributed by atoms with Gasteiger partial charge in [-0.15, -0.1) is 0 Å². The molecule has 1 fully saturated rings. The molecule has 0 unspecified atom stereocenters. The van der Waals surface area contributed by atoms with Crippen LogP contribution in [0.1, 0.15) is 24.5 Å². The second-order valence-corrected chi connectivity index (χ2v) is 5.73. The molecule has 1 aliphatic rings. The number of carbonyl (C=O) groups is 1. The highest BCUT2D eigenvalue weighted by molar-refractivity contribution is 6.30. The predicted molar refractivity (Wildman–Crippen MR) is 82.4 cm³/mol. The number of nitrogens with one attached hydrogen (secondary N) is 1. The topological polar surface area (TPSA) is 38.3 Å². The Morgan fingerprint density at radius 1 is 1.23 bits per heavy atom. The number of amides is 1. The number of ether oxygens (including phenoxy) is 1. The fraction of sp³-hybridized carbons (Fsp3) is 0.235. The van der Waals surface area contributed by atoms with Crippen molar-refractivity contribution in [1.82, 2.24) is 5.32 Å². The van der Waals surface area contributed by atoms with E-state index in [1.165, 1.54) is 12.1 Å². The maximum absolute atomic E-state index is 13.1. The molecule has 0 aliphatic heterocycles. The summed E-state index contributed by atoms with van der Waals surface area (Å²) in [5.41, 5.74) is 0.597. The summed E-state index contributed by atoms with van der Waals surface area (Å²) < 4.78 is 18.9. The highest BCUT2D eigenvalue weighted by Crippen LogP contribution is 2.27. The summed E-state index contributed by atoms with van der Waals surface area (Å²) in [5, 5.41) is 3.44. The third-order valence-electron chi connectivity index (χ3n) is 3.38. The number of hydrogen-bond donors (Lipinski definition) is 1. The van der Waals surface area contributed by atoms with Crippen LogP contribution in [0.4, 0.5) is 4.39 Å². The second kappa shape index (κ2) is 6.36. The van der Waals surface area contributed by atoms with E-state index in [1.54, 1.807) is 36.4 Å². The number of benzene rings is 2. The van der Waals surface area contributed by atoms with E-state index in [0.717, 1.165) is 12.8 Å². The summed E-state index contributed by atoms with van der Waals surface area (Å²) in [7, 11) is 0. The normalized spacial score (nSPS) is 15.2. The zero-order valence-corrected chi connectivity index (χ0v) is 12.5. The first-order chi connectivity index (χ1) is 10.6. The maximum atomic E-state index is 13.1. The molecule has 3 nitrogen and oxygen atoms in total. The predicted octanol–water partition coefficient (Wildman–Crippen LogP) is 3.88. The van der Waals surface area contributed by atoms with Gasteiger partial charge >= 0.3 is 0 Å². The van der Waals surface area contributed by atoms with Crippen LogP contribution in [0, 0.1) is 5.82 Å². The lowest BCUT2D eigenvalue weighted by molar-refractivity contribution is -0.128. The molecule has 0 spiro atoms.